The number of nitrogens with zero attached hydrogens (tertiary/aromatic N) is 1. The van der Waals surface area contributed by atoms with Crippen LogP contribution in [0, 0.1) is 6.92 Å². The second kappa shape index (κ2) is 4.53. The molecule has 0 N–H and O–H groups in total. The lowest BCUT2D eigenvalue weighted by molar-refractivity contribution is -0.117. The third-order valence-electron chi connectivity index (χ3n) is 3.65. The number of hydrogen-bond acceptors (Lipinski definition) is 2. The summed E-state index contributed by atoms with van der Waals surface area (Å²) in [5.74, 6) is 1.06. The quantitative estimate of drug-likeness (QED) is 0.792. The standard InChI is InChI=1S/C15H14BrNO2/c1-9-12(5-6-19-9)15(16)10-3-4-13-11(7-10)8-14(18)17(13)2/h3-7,15H,8H2,1-2H3. The Labute approximate surface area is 120 Å². The Balaban J connectivity index is 1.98. The number of aryl methyl sites for hydroxylation is 1. The van der Waals surface area contributed by atoms with Gasteiger partial charge in [-0.3, -0.25) is 4.79 Å². The highest BCUT2D eigenvalue weighted by atomic mass is 79.9. The molecular formula is C15H14BrNO2. The van der Waals surface area contributed by atoms with E-state index in [0.29, 0.717) is 6.42 Å². The first-order valence-electron chi connectivity index (χ1n) is 6.15. The fourth-order valence-corrected chi connectivity index (χ4v) is 3.24. The molecule has 1 unspecified atom stereocenters. The van der Waals surface area contributed by atoms with Crippen molar-refractivity contribution < 1.29 is 9.21 Å². The van der Waals surface area contributed by atoms with Crippen molar-refractivity contribution in [1.82, 2.24) is 0 Å². The Hall–Kier alpha value is -1.55. The first kappa shape index (κ1) is 12.5. The molecular weight excluding hydrogens is 306 g/mol. The molecule has 0 fully saturated rings. The summed E-state index contributed by atoms with van der Waals surface area (Å²) in [5, 5.41) is 0. The number of halogens is 1. The molecule has 0 radical (unpaired) electrons. The van der Waals surface area contributed by atoms with Crippen molar-refractivity contribution in [1.29, 1.82) is 0 Å². The number of carbonyl (C=O) groups is 1. The summed E-state index contributed by atoms with van der Waals surface area (Å²) in [6.07, 6.45) is 2.19. The van der Waals surface area contributed by atoms with Gasteiger partial charge in [0.2, 0.25) is 5.91 Å². The smallest absolute Gasteiger partial charge is 0.231 e. The van der Waals surface area contributed by atoms with Crippen LogP contribution in [-0.2, 0) is 11.2 Å². The molecule has 19 heavy (non-hydrogen) atoms. The molecule has 1 aromatic heterocycles. The highest BCUT2D eigenvalue weighted by Gasteiger charge is 2.25. The van der Waals surface area contributed by atoms with Crippen LogP contribution in [-0.4, -0.2) is 13.0 Å². The van der Waals surface area contributed by atoms with Gasteiger partial charge < -0.3 is 9.32 Å². The van der Waals surface area contributed by atoms with Gasteiger partial charge >= 0.3 is 0 Å². The van der Waals surface area contributed by atoms with E-state index in [1.807, 2.05) is 26.1 Å². The average Bonchev–Trinajstić information content (AvgIpc) is 2.93. The number of alkyl halides is 1. The average molecular weight is 320 g/mol. The minimum Gasteiger partial charge on any atom is -0.469 e. The summed E-state index contributed by atoms with van der Waals surface area (Å²) in [5.41, 5.74) is 4.37. The Bertz CT molecular complexity index is 647. The van der Waals surface area contributed by atoms with E-state index in [4.69, 9.17) is 4.42 Å². The normalized spacial score (nSPS) is 15.7. The Kier molecular flexibility index (Phi) is 2.97. The van der Waals surface area contributed by atoms with Gasteiger partial charge in [0.05, 0.1) is 17.5 Å². The van der Waals surface area contributed by atoms with Crippen molar-refractivity contribution in [2.45, 2.75) is 18.2 Å². The molecule has 0 saturated heterocycles. The maximum Gasteiger partial charge on any atom is 0.231 e. The van der Waals surface area contributed by atoms with Gasteiger partial charge in [0.1, 0.15) is 5.76 Å². The summed E-state index contributed by atoms with van der Waals surface area (Å²) in [6.45, 7) is 1.95. The lowest BCUT2D eigenvalue weighted by Crippen LogP contribution is -2.20. The fraction of sp³-hybridized carbons (Fsp3) is 0.267. The number of hydrogen-bond donors (Lipinski definition) is 0. The Morgan fingerprint density at radius 1 is 1.37 bits per heavy atom. The van der Waals surface area contributed by atoms with Crippen LogP contribution < -0.4 is 4.90 Å². The highest BCUT2D eigenvalue weighted by Crippen LogP contribution is 2.37. The van der Waals surface area contributed by atoms with Crippen LogP contribution in [0.5, 0.6) is 0 Å². The summed E-state index contributed by atoms with van der Waals surface area (Å²) in [4.78, 5) is 13.5. The number of likely N-dealkylation sites (N-methyl/N-ethyl adjacent to an activating group) is 1. The maximum atomic E-state index is 11.7. The molecule has 2 heterocycles. The molecule has 2 aromatic rings. The summed E-state index contributed by atoms with van der Waals surface area (Å²) >= 11 is 3.70. The topological polar surface area (TPSA) is 33.5 Å². The third kappa shape index (κ3) is 2.00. The Morgan fingerprint density at radius 3 is 2.84 bits per heavy atom. The van der Waals surface area contributed by atoms with Crippen molar-refractivity contribution >= 4 is 27.5 Å². The highest BCUT2D eigenvalue weighted by molar-refractivity contribution is 9.09. The molecule has 0 bridgehead atoms. The first-order valence-corrected chi connectivity index (χ1v) is 7.07. The van der Waals surface area contributed by atoms with Gasteiger partial charge in [-0.2, -0.15) is 0 Å². The van der Waals surface area contributed by atoms with Crippen molar-refractivity contribution in [2.75, 3.05) is 11.9 Å². The lowest BCUT2D eigenvalue weighted by Gasteiger charge is -2.13. The number of benzene rings is 1. The van der Waals surface area contributed by atoms with E-state index in [2.05, 4.69) is 28.1 Å². The van der Waals surface area contributed by atoms with E-state index >= 15 is 0 Å². The Morgan fingerprint density at radius 2 is 2.16 bits per heavy atom. The number of rotatable bonds is 2. The van der Waals surface area contributed by atoms with Crippen molar-refractivity contribution in [3.63, 3.8) is 0 Å². The van der Waals surface area contributed by atoms with Gasteiger partial charge in [-0.05, 0) is 30.2 Å². The minimum atomic E-state index is 0.0950. The summed E-state index contributed by atoms with van der Waals surface area (Å²) in [6, 6.07) is 8.14. The van der Waals surface area contributed by atoms with E-state index in [9.17, 15) is 4.79 Å². The van der Waals surface area contributed by atoms with Crippen LogP contribution >= 0.6 is 15.9 Å². The van der Waals surface area contributed by atoms with Gasteiger partial charge in [0.15, 0.2) is 0 Å². The van der Waals surface area contributed by atoms with E-state index in [1.54, 1.807) is 11.2 Å². The zero-order valence-corrected chi connectivity index (χ0v) is 12.4. The van der Waals surface area contributed by atoms with Crippen molar-refractivity contribution in [2.24, 2.45) is 0 Å². The number of furan rings is 1. The van der Waals surface area contributed by atoms with Crippen LogP contribution in [0.25, 0.3) is 0 Å². The van der Waals surface area contributed by atoms with Gasteiger partial charge in [0, 0.05) is 18.3 Å². The van der Waals surface area contributed by atoms with Gasteiger partial charge in [0.25, 0.3) is 0 Å². The minimum absolute atomic E-state index is 0.0950. The molecule has 3 nitrogen and oxygen atoms in total. The van der Waals surface area contributed by atoms with Gasteiger partial charge in [-0.1, -0.05) is 28.1 Å². The zero-order chi connectivity index (χ0) is 13.6. The molecule has 1 aliphatic rings. The van der Waals surface area contributed by atoms with Crippen LogP contribution in [0.4, 0.5) is 5.69 Å². The van der Waals surface area contributed by atoms with E-state index in [0.717, 1.165) is 28.1 Å². The van der Waals surface area contributed by atoms with E-state index in [1.165, 1.54) is 0 Å². The molecule has 3 rings (SSSR count). The molecule has 1 aliphatic heterocycles. The second-order valence-electron chi connectivity index (χ2n) is 4.81. The molecule has 1 amide bonds. The maximum absolute atomic E-state index is 11.7. The SMILES string of the molecule is Cc1occc1C(Br)c1ccc2c(c1)CC(=O)N2C. The molecule has 1 aromatic carbocycles. The van der Waals surface area contributed by atoms with Crippen LogP contribution in [0.2, 0.25) is 0 Å². The van der Waals surface area contributed by atoms with Crippen molar-refractivity contribution in [3.05, 3.63) is 53.0 Å². The van der Waals surface area contributed by atoms with Crippen molar-refractivity contribution in [3.8, 4) is 0 Å². The van der Waals surface area contributed by atoms with E-state index in [-0.39, 0.29) is 10.7 Å². The van der Waals surface area contributed by atoms with Crippen LogP contribution in [0.15, 0.2) is 34.9 Å². The molecule has 0 spiro atoms. The molecule has 98 valence electrons. The zero-order valence-electron chi connectivity index (χ0n) is 10.8. The van der Waals surface area contributed by atoms with Crippen LogP contribution in [0.3, 0.4) is 0 Å². The first-order chi connectivity index (χ1) is 9.08. The molecule has 0 saturated carbocycles. The number of anilines is 1. The predicted octanol–water partition coefficient (Wildman–Crippen LogP) is 3.59. The predicted molar refractivity (Wildman–Crippen MR) is 77.8 cm³/mol. The van der Waals surface area contributed by atoms with E-state index < -0.39 is 0 Å². The van der Waals surface area contributed by atoms with Crippen LogP contribution in [0.1, 0.15) is 27.3 Å². The largest absolute Gasteiger partial charge is 0.469 e. The van der Waals surface area contributed by atoms with Gasteiger partial charge in [-0.25, -0.2) is 0 Å². The monoisotopic (exact) mass is 319 g/mol. The van der Waals surface area contributed by atoms with Gasteiger partial charge in [-0.15, -0.1) is 0 Å². The molecule has 4 heteroatoms. The second-order valence-corrected chi connectivity index (χ2v) is 5.73. The third-order valence-corrected chi connectivity index (χ3v) is 4.67. The summed E-state index contributed by atoms with van der Waals surface area (Å²) in [7, 11) is 1.82. The number of carbonyl (C=O) groups excluding carboxylic acids is 1. The summed E-state index contributed by atoms with van der Waals surface area (Å²) < 4.78 is 5.34. The number of amides is 1. The number of fused-ring (bicyclic) bond motifs is 1. The fourth-order valence-electron chi connectivity index (χ4n) is 2.49. The molecule has 0 aliphatic carbocycles. The lowest BCUT2D eigenvalue weighted by atomic mass is 10.0. The molecule has 1 atom stereocenters.